The maximum atomic E-state index is 15.3. The molecule has 5 aromatic carbocycles. The molecular formula is C69H78N6O20. The summed E-state index contributed by atoms with van der Waals surface area (Å²) in [6.45, 7) is 9.13. The van der Waals surface area contributed by atoms with Crippen LogP contribution < -0.4 is 31.9 Å². The summed E-state index contributed by atoms with van der Waals surface area (Å²) in [5.74, 6) is -10.2. The summed E-state index contributed by atoms with van der Waals surface area (Å²) in [6, 6.07) is 32.5. The summed E-state index contributed by atoms with van der Waals surface area (Å²) in [7, 11) is 0. The number of benzene rings is 5. The fraction of sp³-hybridized carbons (Fsp3) is 0.377. The van der Waals surface area contributed by atoms with Gasteiger partial charge in [0.2, 0.25) is 29.5 Å². The van der Waals surface area contributed by atoms with E-state index in [1.54, 1.807) is 91.0 Å². The summed E-state index contributed by atoms with van der Waals surface area (Å²) >= 11 is 0. The smallest absolute Gasteiger partial charge is 0.407 e. The zero-order chi connectivity index (χ0) is 68.6. The van der Waals surface area contributed by atoms with Crippen molar-refractivity contribution in [1.29, 1.82) is 0 Å². The second-order valence-corrected chi connectivity index (χ2v) is 22.4. The monoisotopic (exact) mass is 1310 g/mol. The van der Waals surface area contributed by atoms with E-state index >= 15 is 9.59 Å². The molecule has 0 radical (unpaired) electrons. The molecule has 7 rings (SSSR count). The second kappa shape index (κ2) is 35.7. The molecular weight excluding hydrogens is 1230 g/mol. The molecule has 0 unspecified atom stereocenters. The molecule has 0 bridgehead atoms. The SMILES string of the molecule is C=CCOC(=O)[C@@H](CC(=O)OCc1ccccc1)NC(=O)[C@@H](NC(=O)[C@@H](NC(=O)[C@H](CC(=O)N[C@@H]1O[C@H](COC(C)=O)[C@@H](OC(C)=O)[C@H](OC(C)=O)[C@H]1NC(C)=O)NC(=O)OCC1c2ccccc2-c2ccccc21)[C@@H](C)OCc1ccccc1)[C@@H](C)OCc1ccccc1. The Hall–Kier alpha value is -10.3. The van der Waals surface area contributed by atoms with Crippen LogP contribution in [0.25, 0.3) is 11.1 Å². The molecule has 2 aliphatic rings. The number of carbonyl (C=O) groups is 11. The van der Waals surface area contributed by atoms with Crippen LogP contribution >= 0.6 is 0 Å². The number of rotatable bonds is 32. The molecule has 1 heterocycles. The van der Waals surface area contributed by atoms with E-state index in [4.69, 9.17) is 42.6 Å². The molecule has 5 aromatic rings. The van der Waals surface area contributed by atoms with E-state index in [-0.39, 0.29) is 33.0 Å². The van der Waals surface area contributed by atoms with Gasteiger partial charge in [-0.05, 0) is 52.8 Å². The van der Waals surface area contributed by atoms with Crippen molar-refractivity contribution in [3.63, 3.8) is 0 Å². The van der Waals surface area contributed by atoms with E-state index in [1.807, 2.05) is 48.5 Å². The van der Waals surface area contributed by atoms with E-state index in [0.717, 1.165) is 49.9 Å². The van der Waals surface area contributed by atoms with Crippen LogP contribution in [0.5, 0.6) is 0 Å². The van der Waals surface area contributed by atoms with Crippen molar-refractivity contribution >= 4 is 65.5 Å². The number of nitrogens with one attached hydrogen (secondary N) is 6. The molecule has 0 saturated carbocycles. The number of hydrogen-bond acceptors (Lipinski definition) is 20. The third-order valence-electron chi connectivity index (χ3n) is 15.1. The van der Waals surface area contributed by atoms with Gasteiger partial charge in [-0.3, -0.25) is 43.2 Å². The highest BCUT2D eigenvalue weighted by Gasteiger charge is 2.51. The highest BCUT2D eigenvalue weighted by atomic mass is 16.6. The number of amides is 6. The van der Waals surface area contributed by atoms with Gasteiger partial charge >= 0.3 is 35.9 Å². The number of hydrogen-bond donors (Lipinski definition) is 6. The zero-order valence-corrected chi connectivity index (χ0v) is 53.3. The molecule has 6 N–H and O–H groups in total. The fourth-order valence-corrected chi connectivity index (χ4v) is 10.6. The highest BCUT2D eigenvalue weighted by Crippen LogP contribution is 2.44. The second-order valence-electron chi connectivity index (χ2n) is 22.4. The Morgan fingerprint density at radius 1 is 0.505 bits per heavy atom. The molecule has 26 nitrogen and oxygen atoms in total. The molecule has 6 amide bonds. The van der Waals surface area contributed by atoms with Crippen molar-refractivity contribution in [2.75, 3.05) is 19.8 Å². The van der Waals surface area contributed by atoms with Crippen molar-refractivity contribution in [1.82, 2.24) is 31.9 Å². The van der Waals surface area contributed by atoms with Crippen LogP contribution in [0.4, 0.5) is 4.79 Å². The summed E-state index contributed by atoms with van der Waals surface area (Å²) in [6.07, 6.45) is -10.5. The summed E-state index contributed by atoms with van der Waals surface area (Å²) in [4.78, 5) is 151. The van der Waals surface area contributed by atoms with E-state index in [2.05, 4.69) is 38.5 Å². The van der Waals surface area contributed by atoms with Gasteiger partial charge in [0.05, 0.1) is 38.3 Å². The Labute approximate surface area is 548 Å². The van der Waals surface area contributed by atoms with Crippen molar-refractivity contribution in [2.24, 2.45) is 0 Å². The third-order valence-corrected chi connectivity index (χ3v) is 15.1. The average molecular weight is 1310 g/mol. The van der Waals surface area contributed by atoms with Crippen LogP contribution in [-0.4, -0.2) is 152 Å². The maximum absolute atomic E-state index is 15.3. The minimum absolute atomic E-state index is 0.0954. The van der Waals surface area contributed by atoms with Gasteiger partial charge < -0.3 is 74.5 Å². The lowest BCUT2D eigenvalue weighted by Gasteiger charge is -2.45. The van der Waals surface area contributed by atoms with Crippen molar-refractivity contribution < 1.29 is 95.4 Å². The first kappa shape index (κ1) is 72.1. The minimum atomic E-state index is -1.98. The molecule has 1 aliphatic heterocycles. The lowest BCUT2D eigenvalue weighted by molar-refractivity contribution is -0.228. The number of fused-ring (bicyclic) bond motifs is 3. The van der Waals surface area contributed by atoms with Crippen LogP contribution in [0.15, 0.2) is 152 Å². The number of ether oxygens (including phenoxy) is 9. The highest BCUT2D eigenvalue weighted by molar-refractivity contribution is 5.97. The molecule has 26 heteroatoms. The van der Waals surface area contributed by atoms with E-state index in [9.17, 15) is 43.2 Å². The predicted octanol–water partition coefficient (Wildman–Crippen LogP) is 4.58. The van der Waals surface area contributed by atoms with Crippen molar-refractivity contribution in [2.45, 2.75) is 147 Å². The Bertz CT molecular complexity index is 3460. The quantitative estimate of drug-likeness (QED) is 0.0195. The molecule has 0 aromatic heterocycles. The van der Waals surface area contributed by atoms with Gasteiger partial charge in [-0.1, -0.05) is 152 Å². The largest absolute Gasteiger partial charge is 0.463 e. The van der Waals surface area contributed by atoms with Crippen LogP contribution in [-0.2, 0) is 110 Å². The lowest BCUT2D eigenvalue weighted by atomic mass is 9.94. The molecule has 0 spiro atoms. The van der Waals surface area contributed by atoms with Crippen LogP contribution in [0.1, 0.15) is 88.1 Å². The lowest BCUT2D eigenvalue weighted by Crippen LogP contribution is -2.69. The zero-order valence-electron chi connectivity index (χ0n) is 53.3. The first-order valence-corrected chi connectivity index (χ1v) is 30.6. The molecule has 1 saturated heterocycles. The fourth-order valence-electron chi connectivity index (χ4n) is 10.6. The molecule has 11 atom stereocenters. The standard InChI is InChI=1S/C69H78N6O20/c1-8-32-87-68(85)55(34-58(81)91-37-48-26-16-11-17-27-48)71-65(83)59(40(2)88-35-46-22-12-9-13-23-46)75-66(84)60(41(3)89-36-47-24-14-10-15-25-47)74-64(82)54(72-69(86)92-38-53-51-30-20-18-28-49(51)50-29-19-21-31-52(50)53)33-57(80)73-67-61(70-42(4)76)63(94-45(7)79)62(93-44(6)78)56(95-67)39-90-43(5)77/h8-31,40-41,53-56,59-63,67H,1,32-39H2,2-7H3,(H,70,76)(H,71,83)(H,72,86)(H,73,80)(H,74,82)(H,75,84)/t40-,41-,54+,55-,56-,59+,60+,61-,62-,63-,67-/m1/s1. The Morgan fingerprint density at radius 3 is 1.52 bits per heavy atom. The van der Waals surface area contributed by atoms with Gasteiger partial charge in [0.15, 0.2) is 18.4 Å². The number of alkyl carbamates (subject to hydrolysis) is 1. The summed E-state index contributed by atoms with van der Waals surface area (Å²) < 4.78 is 51.5. The minimum Gasteiger partial charge on any atom is -0.463 e. The topological polar surface area (TPSA) is 343 Å². The van der Waals surface area contributed by atoms with Crippen molar-refractivity contribution in [3.05, 3.63) is 180 Å². The first-order valence-electron chi connectivity index (χ1n) is 30.6. The normalized spacial score (nSPS) is 18.1. The van der Waals surface area contributed by atoms with Gasteiger partial charge in [-0.2, -0.15) is 0 Å². The number of esters is 5. The maximum Gasteiger partial charge on any atom is 0.407 e. The Balaban J connectivity index is 1.22. The van der Waals surface area contributed by atoms with Crippen LogP contribution in [0.3, 0.4) is 0 Å². The first-order chi connectivity index (χ1) is 45.6. The molecule has 504 valence electrons. The third kappa shape index (κ3) is 21.6. The van der Waals surface area contributed by atoms with E-state index in [1.165, 1.54) is 19.9 Å². The van der Waals surface area contributed by atoms with Crippen LogP contribution in [0.2, 0.25) is 0 Å². The molecule has 95 heavy (non-hydrogen) atoms. The van der Waals surface area contributed by atoms with E-state index in [0.29, 0.717) is 16.7 Å². The van der Waals surface area contributed by atoms with Gasteiger partial charge in [0, 0.05) is 33.6 Å². The predicted molar refractivity (Wildman–Crippen MR) is 338 cm³/mol. The Kier molecular flexibility index (Phi) is 27.1. The van der Waals surface area contributed by atoms with Gasteiger partial charge in [-0.25, -0.2) is 9.59 Å². The van der Waals surface area contributed by atoms with Gasteiger partial charge in [0.1, 0.15) is 62.7 Å². The molecule has 1 fully saturated rings. The van der Waals surface area contributed by atoms with Crippen molar-refractivity contribution in [3.8, 4) is 11.1 Å². The van der Waals surface area contributed by atoms with Gasteiger partial charge in [-0.15, -0.1) is 0 Å². The Morgan fingerprint density at radius 2 is 1.00 bits per heavy atom. The van der Waals surface area contributed by atoms with Crippen LogP contribution in [0, 0.1) is 0 Å². The summed E-state index contributed by atoms with van der Waals surface area (Å²) in [5.41, 5.74) is 5.46. The number of carbonyl (C=O) groups excluding carboxylic acids is 11. The van der Waals surface area contributed by atoms with E-state index < -0.39 is 158 Å². The average Bonchev–Trinajstić information content (AvgIpc) is 1.71. The molecule has 1 aliphatic carbocycles. The van der Waals surface area contributed by atoms with Gasteiger partial charge in [0.25, 0.3) is 0 Å². The summed E-state index contributed by atoms with van der Waals surface area (Å²) in [5, 5.41) is 15.3.